The molecule has 3 heterocycles. The van der Waals surface area contributed by atoms with Gasteiger partial charge in [0, 0.05) is 23.7 Å². The highest BCUT2D eigenvalue weighted by molar-refractivity contribution is 8.14. The Bertz CT molecular complexity index is 727. The lowest BCUT2D eigenvalue weighted by Crippen LogP contribution is -2.45. The lowest BCUT2D eigenvalue weighted by molar-refractivity contribution is -0.124. The van der Waals surface area contributed by atoms with E-state index in [1.165, 1.54) is 27.4 Å². The number of aryl methyl sites for hydroxylation is 1. The second-order valence-electron chi connectivity index (χ2n) is 5.59. The first-order valence-electron chi connectivity index (χ1n) is 7.51. The number of piperidine rings is 1. The quantitative estimate of drug-likeness (QED) is 0.874. The summed E-state index contributed by atoms with van der Waals surface area (Å²) in [7, 11) is -3.50. The number of hydrogen-bond donors (Lipinski definition) is 1. The lowest BCUT2D eigenvalue weighted by atomic mass is 9.99. The van der Waals surface area contributed by atoms with Gasteiger partial charge in [-0.15, -0.1) is 11.3 Å². The number of nitrogens with one attached hydrogen (secondary N) is 1. The van der Waals surface area contributed by atoms with E-state index in [0.717, 1.165) is 17.2 Å². The van der Waals surface area contributed by atoms with Crippen molar-refractivity contribution in [2.45, 2.75) is 24.0 Å². The molecule has 0 saturated carbocycles. The summed E-state index contributed by atoms with van der Waals surface area (Å²) in [6.45, 7) is 3.32. The maximum Gasteiger partial charge on any atom is 0.252 e. The molecule has 0 aliphatic carbocycles. The molecular weight excluding hydrogens is 354 g/mol. The molecule has 2 aliphatic heterocycles. The first kappa shape index (κ1) is 16.9. The summed E-state index contributed by atoms with van der Waals surface area (Å²) in [5.41, 5.74) is 0. The largest absolute Gasteiger partial charge is 0.305 e. The zero-order valence-corrected chi connectivity index (χ0v) is 15.3. The number of sulfonamides is 1. The summed E-state index contributed by atoms with van der Waals surface area (Å²) < 4.78 is 27.2. The number of aliphatic imine (C=N–C) groups is 1. The Morgan fingerprint density at radius 3 is 2.91 bits per heavy atom. The topological polar surface area (TPSA) is 78.8 Å². The van der Waals surface area contributed by atoms with Gasteiger partial charge in [-0.1, -0.05) is 11.8 Å². The Balaban J connectivity index is 1.69. The Kier molecular flexibility index (Phi) is 5.10. The van der Waals surface area contributed by atoms with Crippen molar-refractivity contribution in [1.82, 2.24) is 9.62 Å². The van der Waals surface area contributed by atoms with Crippen LogP contribution in [0.5, 0.6) is 0 Å². The van der Waals surface area contributed by atoms with Crippen LogP contribution in [0, 0.1) is 12.8 Å². The van der Waals surface area contributed by atoms with Gasteiger partial charge in [-0.3, -0.25) is 9.79 Å². The third-order valence-corrected chi connectivity index (χ3v) is 8.10. The number of carbonyl (C=O) groups excluding carboxylic acids is 1. The number of thiophene rings is 1. The van der Waals surface area contributed by atoms with Crippen molar-refractivity contribution in [3.8, 4) is 0 Å². The Morgan fingerprint density at radius 1 is 1.43 bits per heavy atom. The Hall–Kier alpha value is -0.900. The molecule has 23 heavy (non-hydrogen) atoms. The minimum Gasteiger partial charge on any atom is -0.305 e. The fourth-order valence-corrected chi connectivity index (χ4v) is 6.36. The van der Waals surface area contributed by atoms with E-state index in [1.807, 2.05) is 6.92 Å². The molecule has 0 radical (unpaired) electrons. The van der Waals surface area contributed by atoms with E-state index in [1.54, 1.807) is 12.1 Å². The molecule has 1 aromatic heterocycles. The maximum atomic E-state index is 12.7. The average Bonchev–Trinajstić information content (AvgIpc) is 3.19. The van der Waals surface area contributed by atoms with Gasteiger partial charge in [0.05, 0.1) is 12.5 Å². The Labute approximate surface area is 144 Å². The molecule has 1 unspecified atom stereocenters. The number of nitrogens with zero attached hydrogens (tertiary/aromatic N) is 2. The van der Waals surface area contributed by atoms with E-state index in [4.69, 9.17) is 0 Å². The van der Waals surface area contributed by atoms with Gasteiger partial charge in [0.1, 0.15) is 4.21 Å². The molecule has 1 atom stereocenters. The third kappa shape index (κ3) is 3.78. The van der Waals surface area contributed by atoms with E-state index in [2.05, 4.69) is 10.3 Å². The van der Waals surface area contributed by atoms with Gasteiger partial charge in [0.15, 0.2) is 5.17 Å². The number of amides is 1. The molecule has 6 nitrogen and oxygen atoms in total. The number of thioether (sulfide) groups is 1. The number of rotatable bonds is 3. The second-order valence-corrected chi connectivity index (χ2v) is 10.1. The molecule has 1 amide bonds. The van der Waals surface area contributed by atoms with Crippen molar-refractivity contribution >= 4 is 44.2 Å². The highest BCUT2D eigenvalue weighted by Gasteiger charge is 2.34. The van der Waals surface area contributed by atoms with Crippen molar-refractivity contribution < 1.29 is 13.2 Å². The van der Waals surface area contributed by atoms with Crippen LogP contribution in [0.4, 0.5) is 0 Å². The van der Waals surface area contributed by atoms with E-state index in [-0.39, 0.29) is 18.4 Å². The summed E-state index contributed by atoms with van der Waals surface area (Å²) in [6.07, 6.45) is 1.40. The molecule has 1 fully saturated rings. The van der Waals surface area contributed by atoms with E-state index < -0.39 is 10.0 Å². The minimum atomic E-state index is -3.50. The molecule has 126 valence electrons. The van der Waals surface area contributed by atoms with Gasteiger partial charge in [-0.2, -0.15) is 4.31 Å². The smallest absolute Gasteiger partial charge is 0.252 e. The normalized spacial score (nSPS) is 22.8. The van der Waals surface area contributed by atoms with E-state index in [0.29, 0.717) is 28.8 Å². The van der Waals surface area contributed by atoms with Crippen LogP contribution < -0.4 is 5.32 Å². The molecular formula is C14H19N3O3S3. The van der Waals surface area contributed by atoms with Crippen molar-refractivity contribution in [1.29, 1.82) is 0 Å². The maximum absolute atomic E-state index is 12.7. The predicted molar refractivity (Wildman–Crippen MR) is 93.4 cm³/mol. The standard InChI is InChI=1S/C14H19N3O3S3/c1-10-4-5-12(22-10)23(19,20)17-7-2-3-11(9-17)13(18)16-14-15-6-8-21-14/h4-5,11H,2-3,6-9H2,1H3,(H,15,16,18). The summed E-state index contributed by atoms with van der Waals surface area (Å²) in [6, 6.07) is 3.45. The second kappa shape index (κ2) is 6.92. The molecule has 0 aromatic carbocycles. The van der Waals surface area contributed by atoms with Crippen molar-refractivity contribution in [3.05, 3.63) is 17.0 Å². The van der Waals surface area contributed by atoms with Crippen molar-refractivity contribution in [2.75, 3.05) is 25.4 Å². The Morgan fingerprint density at radius 2 is 2.26 bits per heavy atom. The SMILES string of the molecule is Cc1ccc(S(=O)(=O)N2CCCC(C(=O)NC3=NCCS3)C2)s1. The molecule has 0 bridgehead atoms. The molecule has 3 rings (SSSR count). The zero-order chi connectivity index (χ0) is 16.4. The zero-order valence-electron chi connectivity index (χ0n) is 12.8. The number of carbonyl (C=O) groups is 1. The molecule has 9 heteroatoms. The van der Waals surface area contributed by atoms with E-state index in [9.17, 15) is 13.2 Å². The highest BCUT2D eigenvalue weighted by Crippen LogP contribution is 2.28. The summed E-state index contributed by atoms with van der Waals surface area (Å²) in [5, 5.41) is 3.48. The molecule has 1 aromatic rings. The first-order chi connectivity index (χ1) is 11.0. The highest BCUT2D eigenvalue weighted by atomic mass is 32.2. The predicted octanol–water partition coefficient (Wildman–Crippen LogP) is 1.68. The van der Waals surface area contributed by atoms with Gasteiger partial charge < -0.3 is 5.32 Å². The van der Waals surface area contributed by atoms with Crippen LogP contribution >= 0.6 is 23.1 Å². The van der Waals surface area contributed by atoms with Crippen LogP contribution in [0.1, 0.15) is 17.7 Å². The summed E-state index contributed by atoms with van der Waals surface area (Å²) >= 11 is 2.80. The molecule has 2 aliphatic rings. The monoisotopic (exact) mass is 373 g/mol. The third-order valence-electron chi connectivity index (χ3n) is 3.88. The molecule has 1 N–H and O–H groups in total. The minimum absolute atomic E-state index is 0.125. The van der Waals surface area contributed by atoms with Crippen molar-refractivity contribution in [2.24, 2.45) is 10.9 Å². The van der Waals surface area contributed by atoms with E-state index >= 15 is 0 Å². The fourth-order valence-electron chi connectivity index (χ4n) is 2.67. The van der Waals surface area contributed by atoms with Crippen LogP contribution in [0.15, 0.2) is 21.3 Å². The number of amidine groups is 1. The first-order valence-corrected chi connectivity index (χ1v) is 10.8. The average molecular weight is 374 g/mol. The van der Waals surface area contributed by atoms with Gasteiger partial charge in [0.2, 0.25) is 5.91 Å². The van der Waals surface area contributed by atoms with Crippen LogP contribution in [0.3, 0.4) is 0 Å². The van der Waals surface area contributed by atoms with Crippen LogP contribution in [-0.4, -0.2) is 49.2 Å². The summed E-state index contributed by atoms with van der Waals surface area (Å²) in [5.74, 6) is 0.447. The van der Waals surface area contributed by atoms with Crippen LogP contribution in [0.2, 0.25) is 0 Å². The summed E-state index contributed by atoms with van der Waals surface area (Å²) in [4.78, 5) is 17.5. The lowest BCUT2D eigenvalue weighted by Gasteiger charge is -2.30. The van der Waals surface area contributed by atoms with Gasteiger partial charge in [-0.05, 0) is 31.9 Å². The van der Waals surface area contributed by atoms with Crippen LogP contribution in [0.25, 0.3) is 0 Å². The molecule has 0 spiro atoms. The van der Waals surface area contributed by atoms with Gasteiger partial charge in [0.25, 0.3) is 10.0 Å². The van der Waals surface area contributed by atoms with Gasteiger partial charge in [-0.25, -0.2) is 8.42 Å². The number of hydrogen-bond acceptors (Lipinski definition) is 6. The fraction of sp³-hybridized carbons (Fsp3) is 0.571. The van der Waals surface area contributed by atoms with Crippen molar-refractivity contribution in [3.63, 3.8) is 0 Å². The molecule has 1 saturated heterocycles. The van der Waals surface area contributed by atoms with Gasteiger partial charge >= 0.3 is 0 Å². The van der Waals surface area contributed by atoms with Crippen LogP contribution in [-0.2, 0) is 14.8 Å².